The van der Waals surface area contributed by atoms with Crippen LogP contribution in [0.4, 0.5) is 5.69 Å². The number of carboxylic acids is 1. The molecule has 0 atom stereocenters. The Labute approximate surface area is 76.4 Å². The molecular formula is C9H12N2O2. The summed E-state index contributed by atoms with van der Waals surface area (Å²) in [5, 5.41) is 8.79. The van der Waals surface area contributed by atoms with Gasteiger partial charge >= 0.3 is 5.97 Å². The molecule has 0 aromatic carbocycles. The number of aromatic carboxylic acids is 1. The summed E-state index contributed by atoms with van der Waals surface area (Å²) in [4.78, 5) is 14.7. The lowest BCUT2D eigenvalue weighted by Gasteiger charge is -2.09. The van der Waals surface area contributed by atoms with Crippen LogP contribution in [0.25, 0.3) is 0 Å². The van der Waals surface area contributed by atoms with E-state index in [2.05, 4.69) is 4.98 Å². The van der Waals surface area contributed by atoms with E-state index in [1.54, 1.807) is 13.8 Å². The number of nitrogens with two attached hydrogens (primary N) is 1. The molecule has 0 aliphatic carbocycles. The summed E-state index contributed by atoms with van der Waals surface area (Å²) in [7, 11) is 0. The molecule has 4 heteroatoms. The molecule has 0 saturated heterocycles. The average Bonchev–Trinajstić information content (AvgIpc) is 2.07. The Morgan fingerprint density at radius 2 is 1.85 bits per heavy atom. The Hall–Kier alpha value is -1.58. The number of carboxylic acid groups (broad SMARTS) is 1. The zero-order valence-electron chi connectivity index (χ0n) is 7.88. The van der Waals surface area contributed by atoms with Gasteiger partial charge in [-0.05, 0) is 26.3 Å². The number of nitrogen functional groups attached to an aromatic ring is 1. The number of hydrogen-bond donors (Lipinski definition) is 2. The van der Waals surface area contributed by atoms with Crippen LogP contribution in [-0.4, -0.2) is 16.1 Å². The molecule has 0 radical (unpaired) electrons. The second-order valence-corrected chi connectivity index (χ2v) is 3.01. The first kappa shape index (κ1) is 9.51. The number of carbonyl (C=O) groups is 1. The van der Waals surface area contributed by atoms with Crippen LogP contribution in [0.1, 0.15) is 27.3 Å². The van der Waals surface area contributed by atoms with Crippen molar-refractivity contribution < 1.29 is 9.90 Å². The fourth-order valence-corrected chi connectivity index (χ4v) is 1.15. The molecule has 0 bridgehead atoms. The maximum atomic E-state index is 10.7. The number of nitrogens with zero attached hydrogens (tertiary/aromatic N) is 1. The summed E-state index contributed by atoms with van der Waals surface area (Å²) in [5.41, 5.74) is 8.33. The van der Waals surface area contributed by atoms with Crippen LogP contribution < -0.4 is 5.73 Å². The standard InChI is InChI=1S/C9H12N2O2/c1-4-6(3)11-8(9(12)13)5(2)7(4)10/h1-3H3,(H2,10,11)(H,12,13). The van der Waals surface area contributed by atoms with E-state index in [0.717, 1.165) is 5.56 Å². The third kappa shape index (κ3) is 1.47. The van der Waals surface area contributed by atoms with Crippen LogP contribution in [0.15, 0.2) is 0 Å². The third-order valence-corrected chi connectivity index (χ3v) is 2.19. The van der Waals surface area contributed by atoms with Crippen LogP contribution in [0.3, 0.4) is 0 Å². The SMILES string of the molecule is Cc1nc(C(=O)O)c(C)c(N)c1C. The summed E-state index contributed by atoms with van der Waals surface area (Å²) >= 11 is 0. The highest BCUT2D eigenvalue weighted by atomic mass is 16.4. The number of aromatic nitrogens is 1. The number of rotatable bonds is 1. The zero-order chi connectivity index (χ0) is 10.2. The second-order valence-electron chi connectivity index (χ2n) is 3.01. The maximum absolute atomic E-state index is 10.7. The van der Waals surface area contributed by atoms with Gasteiger partial charge in [0.1, 0.15) is 0 Å². The van der Waals surface area contributed by atoms with E-state index in [1.807, 2.05) is 6.92 Å². The number of pyridine rings is 1. The Balaban J connectivity index is 3.50. The Morgan fingerprint density at radius 3 is 2.31 bits per heavy atom. The number of hydrogen-bond acceptors (Lipinski definition) is 3. The van der Waals surface area contributed by atoms with E-state index in [9.17, 15) is 4.79 Å². The van der Waals surface area contributed by atoms with E-state index in [-0.39, 0.29) is 5.69 Å². The van der Waals surface area contributed by atoms with Gasteiger partial charge in [0.2, 0.25) is 0 Å². The first-order valence-electron chi connectivity index (χ1n) is 3.91. The number of aryl methyl sites for hydroxylation is 1. The molecule has 0 saturated carbocycles. The summed E-state index contributed by atoms with van der Waals surface area (Å²) < 4.78 is 0. The minimum Gasteiger partial charge on any atom is -0.477 e. The molecule has 1 rings (SSSR count). The average molecular weight is 180 g/mol. The van der Waals surface area contributed by atoms with Crippen LogP contribution in [-0.2, 0) is 0 Å². The van der Waals surface area contributed by atoms with Crippen LogP contribution in [0, 0.1) is 20.8 Å². The molecular weight excluding hydrogens is 168 g/mol. The van der Waals surface area contributed by atoms with Gasteiger partial charge in [0.15, 0.2) is 5.69 Å². The molecule has 0 fully saturated rings. The Morgan fingerprint density at radius 1 is 1.31 bits per heavy atom. The molecule has 0 spiro atoms. The highest BCUT2D eigenvalue weighted by Crippen LogP contribution is 2.20. The van der Waals surface area contributed by atoms with Crippen molar-refractivity contribution in [2.45, 2.75) is 20.8 Å². The molecule has 70 valence electrons. The second kappa shape index (κ2) is 3.05. The predicted molar refractivity (Wildman–Crippen MR) is 49.8 cm³/mol. The minimum absolute atomic E-state index is 0.0422. The summed E-state index contributed by atoms with van der Waals surface area (Å²) in [5.74, 6) is -1.03. The highest BCUT2D eigenvalue weighted by Gasteiger charge is 2.14. The smallest absolute Gasteiger partial charge is 0.354 e. The van der Waals surface area contributed by atoms with Crippen LogP contribution in [0.5, 0.6) is 0 Å². The minimum atomic E-state index is -1.03. The first-order chi connectivity index (χ1) is 5.95. The lowest BCUT2D eigenvalue weighted by Crippen LogP contribution is -2.09. The summed E-state index contributed by atoms with van der Waals surface area (Å²) in [6.07, 6.45) is 0. The van der Waals surface area contributed by atoms with Gasteiger partial charge in [-0.3, -0.25) is 0 Å². The van der Waals surface area contributed by atoms with Crippen molar-refractivity contribution in [1.29, 1.82) is 0 Å². The van der Waals surface area contributed by atoms with Crippen molar-refractivity contribution in [1.82, 2.24) is 4.98 Å². The Bertz CT molecular complexity index is 372. The van der Waals surface area contributed by atoms with Crippen molar-refractivity contribution in [2.75, 3.05) is 5.73 Å². The lowest BCUT2D eigenvalue weighted by atomic mass is 10.1. The van der Waals surface area contributed by atoms with E-state index in [1.165, 1.54) is 0 Å². The largest absolute Gasteiger partial charge is 0.477 e. The summed E-state index contributed by atoms with van der Waals surface area (Å²) in [6.45, 7) is 5.24. The van der Waals surface area contributed by atoms with E-state index < -0.39 is 5.97 Å². The van der Waals surface area contributed by atoms with Gasteiger partial charge in [-0.15, -0.1) is 0 Å². The van der Waals surface area contributed by atoms with Crippen LogP contribution >= 0.6 is 0 Å². The highest BCUT2D eigenvalue weighted by molar-refractivity contribution is 5.89. The quantitative estimate of drug-likeness (QED) is 0.682. The fourth-order valence-electron chi connectivity index (χ4n) is 1.15. The molecule has 0 aliphatic heterocycles. The molecule has 0 amide bonds. The van der Waals surface area contributed by atoms with Crippen molar-refractivity contribution in [3.8, 4) is 0 Å². The van der Waals surface area contributed by atoms with Gasteiger partial charge < -0.3 is 10.8 Å². The normalized spacial score (nSPS) is 10.1. The van der Waals surface area contributed by atoms with Gasteiger partial charge in [-0.1, -0.05) is 0 Å². The van der Waals surface area contributed by atoms with Crippen molar-refractivity contribution in [2.24, 2.45) is 0 Å². The van der Waals surface area contributed by atoms with Crippen molar-refractivity contribution in [3.63, 3.8) is 0 Å². The zero-order valence-corrected chi connectivity index (χ0v) is 7.88. The van der Waals surface area contributed by atoms with Crippen molar-refractivity contribution in [3.05, 3.63) is 22.5 Å². The predicted octanol–water partition coefficient (Wildman–Crippen LogP) is 1.29. The van der Waals surface area contributed by atoms with Crippen LogP contribution in [0.2, 0.25) is 0 Å². The van der Waals surface area contributed by atoms with Gasteiger partial charge in [0.25, 0.3) is 0 Å². The molecule has 0 aliphatic rings. The van der Waals surface area contributed by atoms with E-state index in [0.29, 0.717) is 16.9 Å². The molecule has 1 aromatic rings. The monoisotopic (exact) mass is 180 g/mol. The molecule has 1 aromatic heterocycles. The van der Waals surface area contributed by atoms with Gasteiger partial charge in [0.05, 0.1) is 0 Å². The van der Waals surface area contributed by atoms with E-state index in [4.69, 9.17) is 10.8 Å². The molecule has 3 N–H and O–H groups in total. The van der Waals surface area contributed by atoms with Crippen molar-refractivity contribution >= 4 is 11.7 Å². The third-order valence-electron chi connectivity index (χ3n) is 2.19. The first-order valence-corrected chi connectivity index (χ1v) is 3.91. The van der Waals surface area contributed by atoms with Gasteiger partial charge in [0, 0.05) is 16.9 Å². The fraction of sp³-hybridized carbons (Fsp3) is 0.333. The topological polar surface area (TPSA) is 76.2 Å². The van der Waals surface area contributed by atoms with Gasteiger partial charge in [-0.2, -0.15) is 0 Å². The molecule has 4 nitrogen and oxygen atoms in total. The molecule has 0 unspecified atom stereocenters. The van der Waals surface area contributed by atoms with Gasteiger partial charge in [-0.25, -0.2) is 9.78 Å². The maximum Gasteiger partial charge on any atom is 0.354 e. The molecule has 13 heavy (non-hydrogen) atoms. The van der Waals surface area contributed by atoms with E-state index >= 15 is 0 Å². The lowest BCUT2D eigenvalue weighted by molar-refractivity contribution is 0.0689. The Kier molecular flexibility index (Phi) is 2.23. The molecule has 1 heterocycles. The summed E-state index contributed by atoms with van der Waals surface area (Å²) in [6, 6.07) is 0. The number of anilines is 1.